The van der Waals surface area contributed by atoms with E-state index in [4.69, 9.17) is 0 Å². The molecule has 0 radical (unpaired) electrons. The van der Waals surface area contributed by atoms with E-state index in [-0.39, 0.29) is 0 Å². The van der Waals surface area contributed by atoms with Gasteiger partial charge in [-0.25, -0.2) is 0 Å². The molecule has 1 N–H and O–H groups in total. The van der Waals surface area contributed by atoms with Crippen LogP contribution in [0.1, 0.15) is 63.5 Å². The number of aryl methyl sites for hydroxylation is 1. The van der Waals surface area contributed by atoms with E-state index < -0.39 is 0 Å². The van der Waals surface area contributed by atoms with Crippen molar-refractivity contribution in [3.8, 4) is 0 Å². The largest absolute Gasteiger partial charge is 0.311 e. The minimum atomic E-state index is 0.312. The molecule has 100 valence electrons. The number of hydrogen-bond acceptors (Lipinski definition) is 1. The van der Waals surface area contributed by atoms with Gasteiger partial charge in [0.2, 0.25) is 0 Å². The molecule has 0 spiro atoms. The molecule has 1 aromatic carbocycles. The summed E-state index contributed by atoms with van der Waals surface area (Å²) < 4.78 is 0. The van der Waals surface area contributed by atoms with Gasteiger partial charge in [-0.3, -0.25) is 0 Å². The molecule has 0 bridgehead atoms. The van der Waals surface area contributed by atoms with Gasteiger partial charge in [0.1, 0.15) is 0 Å². The predicted molar refractivity (Wildman–Crippen MR) is 79.1 cm³/mol. The maximum atomic E-state index is 3.81. The van der Waals surface area contributed by atoms with Crippen LogP contribution in [0.3, 0.4) is 0 Å². The molecule has 0 heterocycles. The standard InChI is InChI=1S/C17H27N/c1-4-17(3,5-2)18-13-15-11-8-10-14-9-6-7-12-16(14)15/h6-7,9,12,15,18H,4-5,8,10-11,13H2,1-3H3. The van der Waals surface area contributed by atoms with Crippen molar-refractivity contribution in [3.05, 3.63) is 35.4 Å². The summed E-state index contributed by atoms with van der Waals surface area (Å²) in [5, 5.41) is 3.81. The molecule has 1 heteroatoms. The molecule has 1 aliphatic rings. The van der Waals surface area contributed by atoms with Crippen molar-refractivity contribution in [3.63, 3.8) is 0 Å². The van der Waals surface area contributed by atoms with Crippen LogP contribution in [0.4, 0.5) is 0 Å². The first-order valence-electron chi connectivity index (χ1n) is 7.51. The van der Waals surface area contributed by atoms with Crippen LogP contribution in [0, 0.1) is 0 Å². The summed E-state index contributed by atoms with van der Waals surface area (Å²) in [6, 6.07) is 9.00. The number of rotatable bonds is 5. The van der Waals surface area contributed by atoms with Crippen molar-refractivity contribution in [2.45, 2.75) is 64.3 Å². The molecule has 2 rings (SSSR count). The SMILES string of the molecule is CCC(C)(CC)NCC1CCCc2ccccc21. The molecule has 1 aliphatic carbocycles. The van der Waals surface area contributed by atoms with Gasteiger partial charge in [0.05, 0.1) is 0 Å². The van der Waals surface area contributed by atoms with Crippen molar-refractivity contribution in [2.24, 2.45) is 0 Å². The van der Waals surface area contributed by atoms with E-state index in [1.807, 2.05) is 0 Å². The van der Waals surface area contributed by atoms with Crippen LogP contribution in [0.5, 0.6) is 0 Å². The molecular formula is C17H27N. The van der Waals surface area contributed by atoms with Gasteiger partial charge >= 0.3 is 0 Å². The average Bonchev–Trinajstić information content (AvgIpc) is 2.44. The lowest BCUT2D eigenvalue weighted by Crippen LogP contribution is -2.43. The minimum Gasteiger partial charge on any atom is -0.311 e. The summed E-state index contributed by atoms with van der Waals surface area (Å²) in [6.45, 7) is 8.05. The Labute approximate surface area is 112 Å². The van der Waals surface area contributed by atoms with Gasteiger partial charge in [-0.1, -0.05) is 38.1 Å². The predicted octanol–water partition coefficient (Wildman–Crippen LogP) is 4.27. The van der Waals surface area contributed by atoms with Crippen LogP contribution < -0.4 is 5.32 Å². The molecule has 1 aromatic rings. The Kier molecular flexibility index (Phi) is 4.45. The van der Waals surface area contributed by atoms with Gasteiger partial charge in [0.25, 0.3) is 0 Å². The van der Waals surface area contributed by atoms with Gasteiger partial charge in [-0.2, -0.15) is 0 Å². The fraction of sp³-hybridized carbons (Fsp3) is 0.647. The van der Waals surface area contributed by atoms with Crippen LogP contribution >= 0.6 is 0 Å². The lowest BCUT2D eigenvalue weighted by Gasteiger charge is -2.33. The van der Waals surface area contributed by atoms with Crippen molar-refractivity contribution in [1.29, 1.82) is 0 Å². The number of nitrogens with one attached hydrogen (secondary N) is 1. The second-order valence-electron chi connectivity index (χ2n) is 5.94. The third-order valence-corrected chi connectivity index (χ3v) is 4.83. The van der Waals surface area contributed by atoms with E-state index in [9.17, 15) is 0 Å². The lowest BCUT2D eigenvalue weighted by atomic mass is 9.82. The first-order chi connectivity index (χ1) is 8.68. The Morgan fingerprint density at radius 2 is 1.94 bits per heavy atom. The van der Waals surface area contributed by atoms with E-state index in [0.717, 1.165) is 6.54 Å². The van der Waals surface area contributed by atoms with E-state index in [1.165, 1.54) is 32.1 Å². The summed E-state index contributed by atoms with van der Waals surface area (Å²) in [4.78, 5) is 0. The third kappa shape index (κ3) is 2.95. The van der Waals surface area contributed by atoms with Gasteiger partial charge in [0.15, 0.2) is 0 Å². The Morgan fingerprint density at radius 1 is 1.22 bits per heavy atom. The molecule has 1 atom stereocenters. The molecule has 1 unspecified atom stereocenters. The molecule has 0 amide bonds. The zero-order chi connectivity index (χ0) is 13.0. The Bertz CT molecular complexity index is 379. The smallest absolute Gasteiger partial charge is 0.0148 e. The summed E-state index contributed by atoms with van der Waals surface area (Å²) in [5.41, 5.74) is 3.47. The van der Waals surface area contributed by atoms with Crippen LogP contribution in [0.15, 0.2) is 24.3 Å². The van der Waals surface area contributed by atoms with Crippen LogP contribution in [0.25, 0.3) is 0 Å². The van der Waals surface area contributed by atoms with Gasteiger partial charge in [-0.15, -0.1) is 0 Å². The Hall–Kier alpha value is -0.820. The fourth-order valence-corrected chi connectivity index (χ4v) is 2.94. The highest BCUT2D eigenvalue weighted by atomic mass is 15.0. The maximum Gasteiger partial charge on any atom is 0.0148 e. The Morgan fingerprint density at radius 3 is 2.67 bits per heavy atom. The molecule has 1 nitrogen and oxygen atoms in total. The zero-order valence-electron chi connectivity index (χ0n) is 12.1. The van der Waals surface area contributed by atoms with Crippen molar-refractivity contribution < 1.29 is 0 Å². The van der Waals surface area contributed by atoms with E-state index in [1.54, 1.807) is 11.1 Å². The number of fused-ring (bicyclic) bond motifs is 1. The van der Waals surface area contributed by atoms with Crippen molar-refractivity contribution >= 4 is 0 Å². The monoisotopic (exact) mass is 245 g/mol. The van der Waals surface area contributed by atoms with Crippen LogP contribution in [-0.4, -0.2) is 12.1 Å². The van der Waals surface area contributed by atoms with Gasteiger partial charge in [-0.05, 0) is 56.1 Å². The topological polar surface area (TPSA) is 12.0 Å². The second kappa shape index (κ2) is 5.88. The van der Waals surface area contributed by atoms with Crippen molar-refractivity contribution in [1.82, 2.24) is 5.32 Å². The number of benzene rings is 1. The lowest BCUT2D eigenvalue weighted by molar-refractivity contribution is 0.315. The normalized spacial score (nSPS) is 19.6. The zero-order valence-corrected chi connectivity index (χ0v) is 12.1. The van der Waals surface area contributed by atoms with E-state index in [2.05, 4.69) is 50.4 Å². The fourth-order valence-electron chi connectivity index (χ4n) is 2.94. The van der Waals surface area contributed by atoms with Crippen LogP contribution in [-0.2, 0) is 6.42 Å². The van der Waals surface area contributed by atoms with Crippen LogP contribution in [0.2, 0.25) is 0 Å². The highest BCUT2D eigenvalue weighted by Crippen LogP contribution is 2.31. The highest BCUT2D eigenvalue weighted by molar-refractivity contribution is 5.32. The van der Waals surface area contributed by atoms with E-state index in [0.29, 0.717) is 11.5 Å². The summed E-state index contributed by atoms with van der Waals surface area (Å²) in [5.74, 6) is 0.715. The quantitative estimate of drug-likeness (QED) is 0.816. The van der Waals surface area contributed by atoms with Gasteiger partial charge in [0, 0.05) is 12.1 Å². The highest BCUT2D eigenvalue weighted by Gasteiger charge is 2.24. The maximum absolute atomic E-state index is 3.81. The molecule has 0 aliphatic heterocycles. The molecular weight excluding hydrogens is 218 g/mol. The third-order valence-electron chi connectivity index (χ3n) is 4.83. The number of hydrogen-bond donors (Lipinski definition) is 1. The second-order valence-corrected chi connectivity index (χ2v) is 5.94. The molecule has 0 aromatic heterocycles. The molecule has 0 saturated heterocycles. The average molecular weight is 245 g/mol. The first-order valence-corrected chi connectivity index (χ1v) is 7.51. The summed E-state index contributed by atoms with van der Waals surface area (Å²) in [6.07, 6.45) is 6.37. The van der Waals surface area contributed by atoms with E-state index >= 15 is 0 Å². The van der Waals surface area contributed by atoms with Crippen molar-refractivity contribution in [2.75, 3.05) is 6.54 Å². The molecule has 18 heavy (non-hydrogen) atoms. The summed E-state index contributed by atoms with van der Waals surface area (Å²) in [7, 11) is 0. The molecule has 0 fully saturated rings. The Balaban J connectivity index is 2.03. The van der Waals surface area contributed by atoms with Gasteiger partial charge < -0.3 is 5.32 Å². The first kappa shape index (κ1) is 13.6. The minimum absolute atomic E-state index is 0.312. The summed E-state index contributed by atoms with van der Waals surface area (Å²) >= 11 is 0. The molecule has 0 saturated carbocycles.